The van der Waals surface area contributed by atoms with Gasteiger partial charge in [0.2, 0.25) is 0 Å². The van der Waals surface area contributed by atoms with Crippen molar-refractivity contribution in [1.29, 1.82) is 0 Å². The van der Waals surface area contributed by atoms with E-state index in [1.54, 1.807) is 6.07 Å². The molecule has 2 nitrogen and oxygen atoms in total. The van der Waals surface area contributed by atoms with Crippen LogP contribution in [0.5, 0.6) is 0 Å². The summed E-state index contributed by atoms with van der Waals surface area (Å²) in [6.07, 6.45) is 0. The van der Waals surface area contributed by atoms with Crippen LogP contribution >= 0.6 is 11.6 Å². The molecule has 0 bridgehead atoms. The Morgan fingerprint density at radius 2 is 2.00 bits per heavy atom. The van der Waals surface area contributed by atoms with Gasteiger partial charge in [-0.1, -0.05) is 17.7 Å². The number of halogens is 1. The van der Waals surface area contributed by atoms with Crippen molar-refractivity contribution in [2.24, 2.45) is 0 Å². The summed E-state index contributed by atoms with van der Waals surface area (Å²) in [5, 5.41) is 1.25. The zero-order valence-electron chi connectivity index (χ0n) is 8.02. The first-order valence-electron chi connectivity index (χ1n) is 4.38. The molecule has 0 spiro atoms. The van der Waals surface area contributed by atoms with E-state index < -0.39 is 0 Å². The molecule has 1 N–H and O–H groups in total. The standard InChI is InChI=1S/C11H10ClNO/c1-6-3-4-10-8(7(6)2)5-9(12)11(14)13-10/h3-5H,1-2H3,(H,13,14). The molecule has 14 heavy (non-hydrogen) atoms. The number of hydrogen-bond acceptors (Lipinski definition) is 1. The first-order valence-corrected chi connectivity index (χ1v) is 4.76. The molecule has 0 atom stereocenters. The molecule has 0 radical (unpaired) electrons. The number of hydrogen-bond donors (Lipinski definition) is 1. The number of fused-ring (bicyclic) bond motifs is 1. The quantitative estimate of drug-likeness (QED) is 0.708. The fraction of sp³-hybridized carbons (Fsp3) is 0.182. The minimum Gasteiger partial charge on any atom is -0.321 e. The lowest BCUT2D eigenvalue weighted by atomic mass is 10.0. The molecule has 0 saturated carbocycles. The maximum atomic E-state index is 11.2. The Labute approximate surface area is 86.5 Å². The third-order valence-electron chi connectivity index (χ3n) is 2.52. The number of nitrogens with one attached hydrogen (secondary N) is 1. The third kappa shape index (κ3) is 1.32. The second kappa shape index (κ2) is 3.14. The van der Waals surface area contributed by atoms with E-state index >= 15 is 0 Å². The molecule has 72 valence electrons. The first kappa shape index (κ1) is 9.28. The van der Waals surface area contributed by atoms with Crippen LogP contribution in [0.25, 0.3) is 10.9 Å². The molecule has 2 rings (SSSR count). The van der Waals surface area contributed by atoms with E-state index in [4.69, 9.17) is 11.6 Å². The van der Waals surface area contributed by atoms with Crippen LogP contribution in [-0.2, 0) is 0 Å². The van der Waals surface area contributed by atoms with Gasteiger partial charge in [-0.25, -0.2) is 0 Å². The van der Waals surface area contributed by atoms with E-state index in [0.29, 0.717) is 0 Å². The van der Waals surface area contributed by atoms with Crippen LogP contribution in [0.15, 0.2) is 23.0 Å². The van der Waals surface area contributed by atoms with Crippen molar-refractivity contribution in [3.8, 4) is 0 Å². The summed E-state index contributed by atoms with van der Waals surface area (Å²) < 4.78 is 0. The Morgan fingerprint density at radius 3 is 2.71 bits per heavy atom. The van der Waals surface area contributed by atoms with Crippen LogP contribution in [0.2, 0.25) is 5.02 Å². The van der Waals surface area contributed by atoms with Crippen molar-refractivity contribution >= 4 is 22.5 Å². The van der Waals surface area contributed by atoms with Crippen molar-refractivity contribution in [2.75, 3.05) is 0 Å². The maximum Gasteiger partial charge on any atom is 0.267 e. The molecular weight excluding hydrogens is 198 g/mol. The predicted octanol–water partition coefficient (Wildman–Crippen LogP) is 2.80. The van der Waals surface area contributed by atoms with Crippen LogP contribution in [0, 0.1) is 13.8 Å². The molecule has 3 heteroatoms. The highest BCUT2D eigenvalue weighted by atomic mass is 35.5. The van der Waals surface area contributed by atoms with E-state index in [0.717, 1.165) is 16.5 Å². The van der Waals surface area contributed by atoms with E-state index in [-0.39, 0.29) is 10.6 Å². The third-order valence-corrected chi connectivity index (χ3v) is 2.80. The highest BCUT2D eigenvalue weighted by Gasteiger charge is 2.03. The highest BCUT2D eigenvalue weighted by molar-refractivity contribution is 6.31. The van der Waals surface area contributed by atoms with Gasteiger partial charge in [0.05, 0.1) is 0 Å². The summed E-state index contributed by atoms with van der Waals surface area (Å²) in [7, 11) is 0. The second-order valence-corrected chi connectivity index (χ2v) is 3.82. The SMILES string of the molecule is Cc1ccc2[nH]c(=O)c(Cl)cc2c1C. The first-order chi connectivity index (χ1) is 6.59. The molecule has 1 aromatic heterocycles. The summed E-state index contributed by atoms with van der Waals surface area (Å²) in [5.41, 5.74) is 2.95. The van der Waals surface area contributed by atoms with Crippen molar-refractivity contribution in [1.82, 2.24) is 4.98 Å². The summed E-state index contributed by atoms with van der Waals surface area (Å²) in [6.45, 7) is 4.06. The molecule has 1 aromatic carbocycles. The molecule has 1 heterocycles. The Hall–Kier alpha value is -1.28. The number of aryl methyl sites for hydroxylation is 2. The van der Waals surface area contributed by atoms with E-state index in [9.17, 15) is 4.79 Å². The summed E-state index contributed by atoms with van der Waals surface area (Å²) in [6, 6.07) is 5.61. The van der Waals surface area contributed by atoms with Crippen LogP contribution in [-0.4, -0.2) is 4.98 Å². The largest absolute Gasteiger partial charge is 0.321 e. The Bertz CT molecular complexity index is 557. The molecule has 0 saturated heterocycles. The summed E-state index contributed by atoms with van der Waals surface area (Å²) in [5.74, 6) is 0. The second-order valence-electron chi connectivity index (χ2n) is 3.42. The van der Waals surface area contributed by atoms with Crippen molar-refractivity contribution in [2.45, 2.75) is 13.8 Å². The van der Waals surface area contributed by atoms with Crippen LogP contribution < -0.4 is 5.56 Å². The topological polar surface area (TPSA) is 32.9 Å². The average Bonchev–Trinajstić information content (AvgIpc) is 2.15. The lowest BCUT2D eigenvalue weighted by Crippen LogP contribution is -2.06. The van der Waals surface area contributed by atoms with Gasteiger partial charge in [0.15, 0.2) is 0 Å². The van der Waals surface area contributed by atoms with Gasteiger partial charge in [-0.2, -0.15) is 0 Å². The Kier molecular flexibility index (Phi) is 2.08. The maximum absolute atomic E-state index is 11.2. The summed E-state index contributed by atoms with van der Waals surface area (Å²) in [4.78, 5) is 14.0. The van der Waals surface area contributed by atoms with Gasteiger partial charge in [-0.05, 0) is 37.1 Å². The Morgan fingerprint density at radius 1 is 1.29 bits per heavy atom. The van der Waals surface area contributed by atoms with Crippen molar-refractivity contribution in [3.05, 3.63) is 44.7 Å². The fourth-order valence-corrected chi connectivity index (χ4v) is 1.66. The molecule has 0 aliphatic heterocycles. The van der Waals surface area contributed by atoms with Gasteiger partial charge >= 0.3 is 0 Å². The summed E-state index contributed by atoms with van der Waals surface area (Å²) >= 11 is 5.77. The fourth-order valence-electron chi connectivity index (χ4n) is 1.51. The van der Waals surface area contributed by atoms with E-state index in [2.05, 4.69) is 4.98 Å². The lowest BCUT2D eigenvalue weighted by Gasteiger charge is -2.05. The Balaban J connectivity index is 2.97. The number of H-pyrrole nitrogens is 1. The van der Waals surface area contributed by atoms with Gasteiger partial charge in [-0.3, -0.25) is 4.79 Å². The normalized spacial score (nSPS) is 10.8. The zero-order valence-corrected chi connectivity index (χ0v) is 8.77. The van der Waals surface area contributed by atoms with Gasteiger partial charge in [0, 0.05) is 10.9 Å². The molecule has 0 fully saturated rings. The van der Waals surface area contributed by atoms with Crippen molar-refractivity contribution in [3.63, 3.8) is 0 Å². The lowest BCUT2D eigenvalue weighted by molar-refractivity contribution is 1.28. The minimum atomic E-state index is -0.234. The molecular formula is C11H10ClNO. The minimum absolute atomic E-state index is 0.234. The smallest absolute Gasteiger partial charge is 0.267 e. The van der Waals surface area contributed by atoms with Crippen LogP contribution in [0.3, 0.4) is 0 Å². The number of aromatic amines is 1. The number of benzene rings is 1. The predicted molar refractivity (Wildman–Crippen MR) is 59.1 cm³/mol. The molecule has 0 aliphatic carbocycles. The van der Waals surface area contributed by atoms with Gasteiger partial charge < -0.3 is 4.98 Å². The van der Waals surface area contributed by atoms with Gasteiger partial charge in [-0.15, -0.1) is 0 Å². The van der Waals surface area contributed by atoms with Crippen LogP contribution in [0.1, 0.15) is 11.1 Å². The number of pyridine rings is 1. The van der Waals surface area contributed by atoms with Crippen LogP contribution in [0.4, 0.5) is 0 Å². The van der Waals surface area contributed by atoms with Gasteiger partial charge in [0.1, 0.15) is 5.02 Å². The zero-order chi connectivity index (χ0) is 10.3. The number of aromatic nitrogens is 1. The number of rotatable bonds is 0. The van der Waals surface area contributed by atoms with Gasteiger partial charge in [0.25, 0.3) is 5.56 Å². The highest BCUT2D eigenvalue weighted by Crippen LogP contribution is 2.20. The monoisotopic (exact) mass is 207 g/mol. The molecule has 2 aromatic rings. The van der Waals surface area contributed by atoms with Crippen molar-refractivity contribution < 1.29 is 0 Å². The van der Waals surface area contributed by atoms with E-state index in [1.165, 1.54) is 5.56 Å². The average molecular weight is 208 g/mol. The van der Waals surface area contributed by atoms with E-state index in [1.807, 2.05) is 26.0 Å². The molecule has 0 unspecified atom stereocenters. The molecule has 0 amide bonds. The molecule has 0 aliphatic rings.